The molecule has 2 aliphatic carbocycles. The predicted octanol–water partition coefficient (Wildman–Crippen LogP) is 1.31. The van der Waals surface area contributed by atoms with Gasteiger partial charge >= 0.3 is 106 Å². The molecule has 0 saturated heterocycles. The van der Waals surface area contributed by atoms with Crippen molar-refractivity contribution in [2.75, 3.05) is 0 Å². The van der Waals surface area contributed by atoms with Gasteiger partial charge in [0.25, 0.3) is 0 Å². The van der Waals surface area contributed by atoms with Crippen LogP contribution in [0.1, 0.15) is 0 Å². The third-order valence-corrected chi connectivity index (χ3v) is 10.4. The van der Waals surface area contributed by atoms with Gasteiger partial charge in [-0.05, 0) is 0 Å². The van der Waals surface area contributed by atoms with E-state index in [0.29, 0.717) is 0 Å². The third kappa shape index (κ3) is 1.12. The van der Waals surface area contributed by atoms with Crippen LogP contribution in [0.3, 0.4) is 0 Å². The average molecular weight is 298 g/mol. The van der Waals surface area contributed by atoms with Gasteiger partial charge in [0.05, 0.1) is 0 Å². The van der Waals surface area contributed by atoms with Gasteiger partial charge in [-0.25, -0.2) is 0 Å². The van der Waals surface area contributed by atoms with Crippen LogP contribution in [0.4, 0.5) is 0 Å². The zero-order valence-electron chi connectivity index (χ0n) is 9.76. The van der Waals surface area contributed by atoms with Gasteiger partial charge in [-0.3, -0.25) is 0 Å². The number of allylic oxidation sites excluding steroid dienone is 8. The molecule has 0 aromatic rings. The van der Waals surface area contributed by atoms with Gasteiger partial charge < -0.3 is 0 Å². The second-order valence-electron chi connectivity index (χ2n) is 4.15. The van der Waals surface area contributed by atoms with Crippen molar-refractivity contribution in [1.82, 2.24) is 0 Å². The summed E-state index contributed by atoms with van der Waals surface area (Å²) < 4.78 is 0. The molecule has 0 saturated carbocycles. The molecule has 19 heavy (non-hydrogen) atoms. The van der Waals surface area contributed by atoms with Crippen LogP contribution in [0.5, 0.6) is 0 Å². The Morgan fingerprint density at radius 1 is 0.579 bits per heavy atom. The zero-order valence-corrected chi connectivity index (χ0v) is 10.9. The zero-order chi connectivity index (χ0) is 14.0. The van der Waals surface area contributed by atoms with E-state index in [4.69, 9.17) is 0 Å². The molecule has 0 radical (unpaired) electrons. The van der Waals surface area contributed by atoms with Crippen molar-refractivity contribution >= 4 is 19.1 Å². The number of hydrogen-bond donors (Lipinski definition) is 0. The maximum absolute atomic E-state index is 11.8. The first-order valence-corrected chi connectivity index (χ1v) is 8.75. The Hall–Kier alpha value is -2.20. The SMILES string of the molecule is O=[C]=[Fe](=[C]=O)(=[C]=O)(=[C]=O)([CH]1C=CC=C1)[CH]1C=CC=C1. The molecule has 0 aromatic heterocycles. The van der Waals surface area contributed by atoms with Crippen LogP contribution in [0.15, 0.2) is 48.6 Å². The van der Waals surface area contributed by atoms with E-state index in [2.05, 4.69) is 0 Å². The normalized spacial score (nSPS) is 21.3. The second kappa shape index (κ2) is 3.65. The Morgan fingerprint density at radius 3 is 1.05 bits per heavy atom. The standard InChI is InChI=1S/2C5H5.4CO.Fe/c2*1-2-4-5-3-1;4*1-2;/h2*1-5H;;;;;. The first-order valence-electron chi connectivity index (χ1n) is 5.27. The molecule has 0 bridgehead atoms. The Bertz CT molecular complexity index is 884. The minimum atomic E-state index is -5.85. The van der Waals surface area contributed by atoms with Crippen molar-refractivity contribution in [1.29, 1.82) is 0 Å². The van der Waals surface area contributed by atoms with Crippen LogP contribution >= 0.6 is 0 Å². The summed E-state index contributed by atoms with van der Waals surface area (Å²) in [6.07, 6.45) is 12.0. The summed E-state index contributed by atoms with van der Waals surface area (Å²) in [7, 11) is -5.85. The molecule has 98 valence electrons. The summed E-state index contributed by atoms with van der Waals surface area (Å²) in [5.41, 5.74) is 0. The fraction of sp³-hybridized carbons (Fsp3) is 0.143. The van der Waals surface area contributed by atoms with Crippen LogP contribution in [0.2, 0.25) is 9.63 Å². The van der Waals surface area contributed by atoms with E-state index in [1.165, 1.54) is 43.4 Å². The second-order valence-corrected chi connectivity index (χ2v) is 11.1. The van der Waals surface area contributed by atoms with Crippen molar-refractivity contribution in [3.63, 3.8) is 0 Å². The number of rotatable bonds is 2. The van der Waals surface area contributed by atoms with Gasteiger partial charge in [0.1, 0.15) is 0 Å². The van der Waals surface area contributed by atoms with Gasteiger partial charge in [0.2, 0.25) is 0 Å². The molecular formula is C14H10FeO4. The molecule has 5 heteroatoms. The topological polar surface area (TPSA) is 68.3 Å². The molecule has 0 amide bonds. The Kier molecular flexibility index (Phi) is 2.54. The number of hydrogen-bond acceptors (Lipinski definition) is 4. The summed E-state index contributed by atoms with van der Waals surface area (Å²) in [5.74, 6) is 0. The van der Waals surface area contributed by atoms with E-state index in [1.807, 2.05) is 0 Å². The van der Waals surface area contributed by atoms with E-state index in [-0.39, 0.29) is 0 Å². The average Bonchev–Trinajstić information content (AvgIpc) is 3.18. The summed E-state index contributed by atoms with van der Waals surface area (Å²) >= 11 is 0. The van der Waals surface area contributed by atoms with Crippen molar-refractivity contribution in [3.8, 4) is 0 Å². The predicted molar refractivity (Wildman–Crippen MR) is 66.8 cm³/mol. The van der Waals surface area contributed by atoms with E-state index in [9.17, 15) is 19.2 Å². The summed E-state index contributed by atoms with van der Waals surface area (Å²) in [6.45, 7) is 0. The molecule has 0 heterocycles. The van der Waals surface area contributed by atoms with E-state index < -0.39 is 18.6 Å². The summed E-state index contributed by atoms with van der Waals surface area (Å²) in [5, 5.41) is 0. The molecular weight excluding hydrogens is 288 g/mol. The van der Waals surface area contributed by atoms with Gasteiger partial charge in [-0.1, -0.05) is 0 Å². The monoisotopic (exact) mass is 298 g/mol. The molecule has 0 aliphatic heterocycles. The van der Waals surface area contributed by atoms with E-state index in [0.717, 1.165) is 0 Å². The molecule has 0 fully saturated rings. The molecule has 0 atom stereocenters. The van der Waals surface area contributed by atoms with Crippen LogP contribution < -0.4 is 0 Å². The maximum atomic E-state index is 11.8. The van der Waals surface area contributed by atoms with Gasteiger partial charge in [-0.2, -0.15) is 0 Å². The first-order chi connectivity index (χ1) is 9.09. The Labute approximate surface area is 106 Å². The molecule has 4 nitrogen and oxygen atoms in total. The number of carbonyl (C=O) groups excluding carboxylic acids is 4. The van der Waals surface area contributed by atoms with Gasteiger partial charge in [0.15, 0.2) is 0 Å². The van der Waals surface area contributed by atoms with Gasteiger partial charge in [0, 0.05) is 0 Å². The molecule has 0 spiro atoms. The molecule has 0 N–H and O–H groups in total. The fourth-order valence-electron chi connectivity index (χ4n) is 2.13. The van der Waals surface area contributed by atoms with Crippen molar-refractivity contribution in [2.24, 2.45) is 0 Å². The van der Waals surface area contributed by atoms with Crippen LogP contribution in [0, 0.1) is 0 Å². The van der Waals surface area contributed by atoms with Gasteiger partial charge in [-0.15, -0.1) is 0 Å². The molecule has 0 aromatic carbocycles. The minimum absolute atomic E-state index is 1.01. The van der Waals surface area contributed by atoms with Crippen molar-refractivity contribution in [2.45, 2.75) is 9.63 Å². The Morgan fingerprint density at radius 2 is 0.842 bits per heavy atom. The summed E-state index contributed by atoms with van der Waals surface area (Å²) in [4.78, 5) is 51.0. The Balaban J connectivity index is 3.45. The molecule has 2 rings (SSSR count). The molecule has 2 aliphatic rings. The van der Waals surface area contributed by atoms with Crippen LogP contribution in [0.25, 0.3) is 0 Å². The third-order valence-electron chi connectivity index (χ3n) is 3.36. The van der Waals surface area contributed by atoms with E-state index in [1.54, 1.807) is 24.3 Å². The quantitative estimate of drug-likeness (QED) is 0.721. The van der Waals surface area contributed by atoms with Crippen LogP contribution in [-0.4, -0.2) is 19.1 Å². The fourth-order valence-corrected chi connectivity index (χ4v) is 6.78. The van der Waals surface area contributed by atoms with E-state index >= 15 is 0 Å². The first kappa shape index (κ1) is 13.2. The van der Waals surface area contributed by atoms with Crippen LogP contribution in [-0.2, 0) is 28.2 Å². The summed E-state index contributed by atoms with van der Waals surface area (Å²) in [6, 6.07) is 0. The van der Waals surface area contributed by atoms with Crippen molar-refractivity contribution in [3.05, 3.63) is 48.6 Å². The molecule has 0 unspecified atom stereocenters. The van der Waals surface area contributed by atoms with Crippen molar-refractivity contribution < 1.29 is 28.2 Å².